The summed E-state index contributed by atoms with van der Waals surface area (Å²) in [4.78, 5) is 11.0. The van der Waals surface area contributed by atoms with Gasteiger partial charge in [-0.2, -0.15) is 13.2 Å². The number of hydrogen-bond acceptors (Lipinski definition) is 1. The van der Waals surface area contributed by atoms with Crippen molar-refractivity contribution in [1.82, 2.24) is 0 Å². The number of hydrogen-bond donors (Lipinski definition) is 0. The lowest BCUT2D eigenvalue weighted by Crippen LogP contribution is -2.09. The van der Waals surface area contributed by atoms with Crippen LogP contribution < -0.4 is 0 Å². The molecule has 0 saturated carbocycles. The van der Waals surface area contributed by atoms with Gasteiger partial charge in [-0.3, -0.25) is 4.79 Å². The number of fused-ring (bicyclic) bond motifs is 1. The minimum absolute atomic E-state index is 0.0784. The summed E-state index contributed by atoms with van der Waals surface area (Å²) in [6.45, 7) is 0. The summed E-state index contributed by atoms with van der Waals surface area (Å²) >= 11 is 0. The van der Waals surface area contributed by atoms with Crippen LogP contribution in [0.1, 0.15) is 16.7 Å². The molecule has 0 N–H and O–H groups in total. The standard InChI is InChI=1S/C10H7F3O/c11-10(12,13)9-3-1-2-6-4-7(14)5-8(6)9/h1-3H,4-5H2. The first-order valence-corrected chi connectivity index (χ1v) is 4.18. The van der Waals surface area contributed by atoms with E-state index in [4.69, 9.17) is 0 Å². The Labute approximate surface area is 78.5 Å². The van der Waals surface area contributed by atoms with Gasteiger partial charge in [-0.15, -0.1) is 0 Å². The van der Waals surface area contributed by atoms with E-state index in [0.29, 0.717) is 5.56 Å². The lowest BCUT2D eigenvalue weighted by Gasteiger charge is -2.10. The third-order valence-electron chi connectivity index (χ3n) is 2.34. The second kappa shape index (κ2) is 2.83. The van der Waals surface area contributed by atoms with Gasteiger partial charge >= 0.3 is 6.18 Å². The van der Waals surface area contributed by atoms with E-state index >= 15 is 0 Å². The molecular weight excluding hydrogens is 193 g/mol. The topological polar surface area (TPSA) is 17.1 Å². The Hall–Kier alpha value is -1.32. The van der Waals surface area contributed by atoms with Gasteiger partial charge in [0, 0.05) is 12.8 Å². The van der Waals surface area contributed by atoms with E-state index in [1.165, 1.54) is 6.07 Å². The smallest absolute Gasteiger partial charge is 0.299 e. The number of carbonyl (C=O) groups is 1. The second-order valence-electron chi connectivity index (χ2n) is 3.33. The lowest BCUT2D eigenvalue weighted by molar-refractivity contribution is -0.138. The first kappa shape index (κ1) is 9.24. The van der Waals surface area contributed by atoms with Crippen molar-refractivity contribution in [2.75, 3.05) is 0 Å². The predicted molar refractivity (Wildman–Crippen MR) is 43.9 cm³/mol. The number of Topliss-reactive ketones (excluding diaryl/α,β-unsaturated/α-hetero) is 1. The maximum atomic E-state index is 12.5. The van der Waals surface area contributed by atoms with Crippen molar-refractivity contribution in [3.63, 3.8) is 0 Å². The molecule has 0 atom stereocenters. The molecule has 0 bridgehead atoms. The highest BCUT2D eigenvalue weighted by molar-refractivity contribution is 5.88. The summed E-state index contributed by atoms with van der Waals surface area (Å²) in [6.07, 6.45) is -4.29. The molecule has 1 aliphatic rings. The minimum atomic E-state index is -4.35. The van der Waals surface area contributed by atoms with E-state index in [1.54, 1.807) is 6.07 Å². The summed E-state index contributed by atoms with van der Waals surface area (Å²) in [5, 5.41) is 0. The normalized spacial score (nSPS) is 15.8. The Morgan fingerprint density at radius 3 is 2.50 bits per heavy atom. The molecule has 1 aromatic carbocycles. The van der Waals surface area contributed by atoms with Crippen molar-refractivity contribution < 1.29 is 18.0 Å². The second-order valence-corrected chi connectivity index (χ2v) is 3.33. The van der Waals surface area contributed by atoms with Crippen LogP contribution in [0.15, 0.2) is 18.2 Å². The van der Waals surface area contributed by atoms with Crippen LogP contribution in [0.2, 0.25) is 0 Å². The summed E-state index contributed by atoms with van der Waals surface area (Å²) in [6, 6.07) is 3.95. The Morgan fingerprint density at radius 1 is 1.14 bits per heavy atom. The SMILES string of the molecule is O=C1Cc2cccc(C(F)(F)F)c2C1. The van der Waals surface area contributed by atoms with E-state index in [2.05, 4.69) is 0 Å². The molecule has 0 unspecified atom stereocenters. The summed E-state index contributed by atoms with van der Waals surface area (Å²) in [5.74, 6) is -0.142. The van der Waals surface area contributed by atoms with Gasteiger partial charge < -0.3 is 0 Å². The van der Waals surface area contributed by atoms with Crippen molar-refractivity contribution in [2.24, 2.45) is 0 Å². The van der Waals surface area contributed by atoms with Crippen LogP contribution >= 0.6 is 0 Å². The molecule has 1 aromatic rings. The molecule has 74 valence electrons. The Bertz CT molecular complexity index is 393. The Morgan fingerprint density at radius 2 is 1.86 bits per heavy atom. The quantitative estimate of drug-likeness (QED) is 0.628. The molecule has 0 saturated heterocycles. The van der Waals surface area contributed by atoms with Crippen LogP contribution in [0, 0.1) is 0 Å². The van der Waals surface area contributed by atoms with Crippen molar-refractivity contribution >= 4 is 5.78 Å². The van der Waals surface area contributed by atoms with E-state index in [0.717, 1.165) is 6.07 Å². The van der Waals surface area contributed by atoms with Gasteiger partial charge in [0.05, 0.1) is 5.56 Å². The Kier molecular flexibility index (Phi) is 1.87. The van der Waals surface area contributed by atoms with Gasteiger partial charge in [-0.05, 0) is 17.2 Å². The zero-order valence-corrected chi connectivity index (χ0v) is 7.19. The molecule has 0 heterocycles. The predicted octanol–water partition coefficient (Wildman–Crippen LogP) is 2.37. The largest absolute Gasteiger partial charge is 0.416 e. The average molecular weight is 200 g/mol. The van der Waals surface area contributed by atoms with Gasteiger partial charge in [0.2, 0.25) is 0 Å². The molecule has 0 fully saturated rings. The molecule has 0 amide bonds. The highest BCUT2D eigenvalue weighted by atomic mass is 19.4. The summed E-state index contributed by atoms with van der Waals surface area (Å²) in [7, 11) is 0. The molecule has 2 rings (SSSR count). The van der Waals surface area contributed by atoms with Crippen LogP contribution in [0.4, 0.5) is 13.2 Å². The van der Waals surface area contributed by atoms with E-state index < -0.39 is 11.7 Å². The number of rotatable bonds is 0. The first-order chi connectivity index (χ1) is 6.48. The van der Waals surface area contributed by atoms with Crippen LogP contribution in [0.25, 0.3) is 0 Å². The van der Waals surface area contributed by atoms with E-state index in [9.17, 15) is 18.0 Å². The van der Waals surface area contributed by atoms with Crippen LogP contribution in [0.3, 0.4) is 0 Å². The molecule has 4 heteroatoms. The maximum Gasteiger partial charge on any atom is 0.416 e. The molecular formula is C10H7F3O. The molecule has 0 aliphatic heterocycles. The lowest BCUT2D eigenvalue weighted by atomic mass is 10.0. The van der Waals surface area contributed by atoms with Crippen LogP contribution in [-0.2, 0) is 23.8 Å². The van der Waals surface area contributed by atoms with Gasteiger partial charge in [-0.25, -0.2) is 0 Å². The molecule has 0 spiro atoms. The van der Waals surface area contributed by atoms with Crippen molar-refractivity contribution in [1.29, 1.82) is 0 Å². The summed E-state index contributed by atoms with van der Waals surface area (Å²) in [5.41, 5.74) is 0.00988. The van der Waals surface area contributed by atoms with Gasteiger partial charge in [0.15, 0.2) is 0 Å². The number of carbonyl (C=O) groups excluding carboxylic acids is 1. The molecule has 1 nitrogen and oxygen atoms in total. The molecule has 0 radical (unpaired) electrons. The monoisotopic (exact) mass is 200 g/mol. The minimum Gasteiger partial charge on any atom is -0.299 e. The fourth-order valence-corrected chi connectivity index (χ4v) is 1.75. The van der Waals surface area contributed by atoms with E-state index in [-0.39, 0.29) is 24.2 Å². The highest BCUT2D eigenvalue weighted by Crippen LogP contribution is 2.35. The van der Waals surface area contributed by atoms with Crippen LogP contribution in [-0.4, -0.2) is 5.78 Å². The Balaban J connectivity index is 2.55. The van der Waals surface area contributed by atoms with Crippen molar-refractivity contribution in [3.8, 4) is 0 Å². The highest BCUT2D eigenvalue weighted by Gasteiger charge is 2.36. The first-order valence-electron chi connectivity index (χ1n) is 4.18. The molecule has 14 heavy (non-hydrogen) atoms. The molecule has 0 aromatic heterocycles. The van der Waals surface area contributed by atoms with E-state index in [1.807, 2.05) is 0 Å². The van der Waals surface area contributed by atoms with Crippen LogP contribution in [0.5, 0.6) is 0 Å². The zero-order valence-electron chi connectivity index (χ0n) is 7.19. The summed E-state index contributed by atoms with van der Waals surface area (Å²) < 4.78 is 37.4. The zero-order chi connectivity index (χ0) is 10.3. The third-order valence-corrected chi connectivity index (χ3v) is 2.34. The van der Waals surface area contributed by atoms with Crippen molar-refractivity contribution in [3.05, 3.63) is 34.9 Å². The average Bonchev–Trinajstić information content (AvgIpc) is 2.41. The maximum absolute atomic E-state index is 12.5. The van der Waals surface area contributed by atoms with Gasteiger partial charge in [0.1, 0.15) is 5.78 Å². The van der Waals surface area contributed by atoms with Crippen molar-refractivity contribution in [2.45, 2.75) is 19.0 Å². The van der Waals surface area contributed by atoms with Gasteiger partial charge in [0.25, 0.3) is 0 Å². The third kappa shape index (κ3) is 1.41. The number of ketones is 1. The molecule has 1 aliphatic carbocycles. The fraction of sp³-hybridized carbons (Fsp3) is 0.300. The van der Waals surface area contributed by atoms with Gasteiger partial charge in [-0.1, -0.05) is 12.1 Å². The number of alkyl halides is 3. The fourth-order valence-electron chi connectivity index (χ4n) is 1.75. The number of benzene rings is 1. The number of halogens is 3.